The molecular weight excluding hydrogens is 388 g/mol. The van der Waals surface area contributed by atoms with Crippen molar-refractivity contribution >= 4 is 9.84 Å². The Morgan fingerprint density at radius 3 is 2.31 bits per heavy atom. The van der Waals surface area contributed by atoms with Crippen molar-refractivity contribution in [3.63, 3.8) is 0 Å². The van der Waals surface area contributed by atoms with Crippen LogP contribution in [0.3, 0.4) is 0 Å². The van der Waals surface area contributed by atoms with Gasteiger partial charge in [0.1, 0.15) is 0 Å². The molecule has 29 heavy (non-hydrogen) atoms. The molecule has 0 bridgehead atoms. The van der Waals surface area contributed by atoms with Gasteiger partial charge in [0.15, 0.2) is 9.84 Å². The second kappa shape index (κ2) is 9.69. The number of sulfone groups is 1. The Labute approximate surface area is 173 Å². The van der Waals surface area contributed by atoms with E-state index in [1.165, 1.54) is 6.26 Å². The average molecular weight is 419 g/mol. The maximum atomic E-state index is 11.6. The fourth-order valence-electron chi connectivity index (χ4n) is 3.51. The maximum Gasteiger partial charge on any atom is 0.213 e. The summed E-state index contributed by atoms with van der Waals surface area (Å²) in [6.07, 6.45) is 5.50. The number of methoxy groups -OCH3 is 1. The topological polar surface area (TPSA) is 68.7 Å². The molecule has 1 atom stereocenters. The Balaban J connectivity index is 1.49. The molecule has 2 heterocycles. The lowest BCUT2D eigenvalue weighted by Gasteiger charge is -2.33. The van der Waals surface area contributed by atoms with Gasteiger partial charge in [0.25, 0.3) is 0 Å². The molecular formula is C22H30N2O4S. The number of ether oxygens (including phenoxy) is 2. The zero-order chi connectivity index (χ0) is 20.9. The Morgan fingerprint density at radius 2 is 1.76 bits per heavy atom. The first kappa shape index (κ1) is 21.7. The lowest BCUT2D eigenvalue weighted by atomic mass is 9.97. The molecule has 0 saturated carbocycles. The first-order chi connectivity index (χ1) is 13.8. The molecule has 1 aliphatic heterocycles. The Bertz CT molecular complexity index is 874. The molecule has 0 amide bonds. The van der Waals surface area contributed by atoms with Crippen LogP contribution in [0.15, 0.2) is 47.5 Å². The fourth-order valence-corrected chi connectivity index (χ4v) is 4.14. The third kappa shape index (κ3) is 6.26. The van der Waals surface area contributed by atoms with Crippen LogP contribution in [0.1, 0.15) is 19.8 Å². The third-order valence-electron chi connectivity index (χ3n) is 5.44. The van der Waals surface area contributed by atoms with E-state index in [1.807, 2.05) is 12.1 Å². The molecule has 1 aromatic heterocycles. The highest BCUT2D eigenvalue weighted by Gasteiger charge is 2.21. The monoisotopic (exact) mass is 418 g/mol. The van der Waals surface area contributed by atoms with Gasteiger partial charge < -0.3 is 14.4 Å². The number of pyridine rings is 1. The van der Waals surface area contributed by atoms with E-state index in [-0.39, 0.29) is 6.10 Å². The van der Waals surface area contributed by atoms with E-state index in [4.69, 9.17) is 9.47 Å². The summed E-state index contributed by atoms with van der Waals surface area (Å²) in [5.41, 5.74) is 1.85. The number of nitrogens with zero attached hydrogens (tertiary/aromatic N) is 2. The molecule has 0 N–H and O–H groups in total. The molecule has 1 unspecified atom stereocenters. The molecule has 1 aromatic carbocycles. The molecule has 0 aliphatic carbocycles. The van der Waals surface area contributed by atoms with Gasteiger partial charge in [-0.25, -0.2) is 13.4 Å². The Kier molecular flexibility index (Phi) is 7.27. The first-order valence-electron chi connectivity index (χ1n) is 9.99. The van der Waals surface area contributed by atoms with Gasteiger partial charge >= 0.3 is 0 Å². The minimum atomic E-state index is -3.18. The molecule has 0 radical (unpaired) electrons. The highest BCUT2D eigenvalue weighted by molar-refractivity contribution is 7.90. The van der Waals surface area contributed by atoms with Crippen LogP contribution in [0, 0.1) is 5.92 Å². The summed E-state index contributed by atoms with van der Waals surface area (Å²) in [4.78, 5) is 7.18. The zero-order valence-electron chi connectivity index (χ0n) is 17.4. The number of piperidine rings is 1. The minimum absolute atomic E-state index is 0.271. The summed E-state index contributed by atoms with van der Waals surface area (Å²) >= 11 is 0. The van der Waals surface area contributed by atoms with Gasteiger partial charge in [-0.1, -0.05) is 12.1 Å². The highest BCUT2D eigenvalue weighted by Crippen LogP contribution is 2.23. The second-order valence-electron chi connectivity index (χ2n) is 7.78. The van der Waals surface area contributed by atoms with E-state index >= 15 is 0 Å². The molecule has 7 heteroatoms. The number of rotatable bonds is 8. The van der Waals surface area contributed by atoms with Crippen LogP contribution in [-0.2, 0) is 14.6 Å². The molecule has 1 fully saturated rings. The van der Waals surface area contributed by atoms with E-state index in [9.17, 15) is 8.42 Å². The lowest BCUT2D eigenvalue weighted by molar-refractivity contribution is 0.0569. The summed E-state index contributed by atoms with van der Waals surface area (Å²) in [6, 6.07) is 10.7. The van der Waals surface area contributed by atoms with Gasteiger partial charge in [-0.15, -0.1) is 0 Å². The van der Waals surface area contributed by atoms with E-state index in [0.29, 0.717) is 23.3 Å². The van der Waals surface area contributed by atoms with E-state index in [1.54, 1.807) is 37.6 Å². The summed E-state index contributed by atoms with van der Waals surface area (Å²) in [5.74, 6) is 1.17. The summed E-state index contributed by atoms with van der Waals surface area (Å²) in [6.45, 7) is 5.93. The van der Waals surface area contributed by atoms with Gasteiger partial charge in [0.05, 0.1) is 17.6 Å². The van der Waals surface area contributed by atoms with E-state index < -0.39 is 9.84 Å². The van der Waals surface area contributed by atoms with E-state index in [2.05, 4.69) is 16.8 Å². The molecule has 158 valence electrons. The number of benzene rings is 1. The molecule has 6 nitrogen and oxygen atoms in total. The highest BCUT2D eigenvalue weighted by atomic mass is 32.2. The van der Waals surface area contributed by atoms with Gasteiger partial charge in [0.2, 0.25) is 5.88 Å². The predicted molar refractivity (Wildman–Crippen MR) is 114 cm³/mol. The number of aromatic nitrogens is 1. The molecule has 1 aliphatic rings. The molecule has 0 spiro atoms. The van der Waals surface area contributed by atoms with Crippen LogP contribution in [0.4, 0.5) is 0 Å². The first-order valence-corrected chi connectivity index (χ1v) is 11.9. The van der Waals surface area contributed by atoms with Crippen LogP contribution >= 0.6 is 0 Å². The summed E-state index contributed by atoms with van der Waals surface area (Å²) in [7, 11) is -1.42. The molecule has 3 rings (SSSR count). The summed E-state index contributed by atoms with van der Waals surface area (Å²) < 4.78 is 34.4. The van der Waals surface area contributed by atoms with Crippen LogP contribution in [0.5, 0.6) is 5.88 Å². The standard InChI is InChI=1S/C22H30N2O4S/c1-17(27-2)15-24-12-10-18(11-13-24)16-28-22-9-6-20(14-23-22)19-4-7-21(8-5-19)29(3,25)26/h4-9,14,17-18H,10-13,15-16H2,1-3H3. The lowest BCUT2D eigenvalue weighted by Crippen LogP contribution is -2.39. The van der Waals surface area contributed by atoms with Gasteiger partial charge in [-0.3, -0.25) is 0 Å². The minimum Gasteiger partial charge on any atom is -0.477 e. The second-order valence-corrected chi connectivity index (χ2v) is 9.80. The number of hydrogen-bond donors (Lipinski definition) is 0. The van der Waals surface area contributed by atoms with Gasteiger partial charge in [-0.2, -0.15) is 0 Å². The smallest absolute Gasteiger partial charge is 0.213 e. The van der Waals surface area contributed by atoms with E-state index in [0.717, 1.165) is 43.6 Å². The normalized spacial score (nSPS) is 17.2. The molecule has 2 aromatic rings. The summed E-state index contributed by atoms with van der Waals surface area (Å²) in [5, 5.41) is 0. The molecule has 1 saturated heterocycles. The third-order valence-corrected chi connectivity index (χ3v) is 6.57. The van der Waals surface area contributed by atoms with Gasteiger partial charge in [-0.05, 0) is 62.5 Å². The quantitative estimate of drug-likeness (QED) is 0.655. The zero-order valence-corrected chi connectivity index (χ0v) is 18.2. The van der Waals surface area contributed by atoms with Crippen LogP contribution < -0.4 is 4.74 Å². The van der Waals surface area contributed by atoms with Crippen molar-refractivity contribution in [1.29, 1.82) is 0 Å². The van der Waals surface area contributed by atoms with Gasteiger partial charge in [0, 0.05) is 37.7 Å². The predicted octanol–water partition coefficient (Wildman–Crippen LogP) is 3.28. The number of likely N-dealkylation sites (tertiary alicyclic amines) is 1. The van der Waals surface area contributed by atoms with Crippen molar-refractivity contribution < 1.29 is 17.9 Å². The van der Waals surface area contributed by atoms with Crippen molar-refractivity contribution in [2.45, 2.75) is 30.8 Å². The number of hydrogen-bond acceptors (Lipinski definition) is 6. The van der Waals surface area contributed by atoms with Crippen molar-refractivity contribution in [2.24, 2.45) is 5.92 Å². The Morgan fingerprint density at radius 1 is 1.10 bits per heavy atom. The van der Waals surface area contributed by atoms with Crippen molar-refractivity contribution in [3.8, 4) is 17.0 Å². The average Bonchev–Trinajstić information content (AvgIpc) is 2.73. The maximum absolute atomic E-state index is 11.6. The van der Waals surface area contributed by atoms with Crippen LogP contribution in [0.25, 0.3) is 11.1 Å². The largest absolute Gasteiger partial charge is 0.477 e. The Hall–Kier alpha value is -1.96. The van der Waals surface area contributed by atoms with Crippen molar-refractivity contribution in [1.82, 2.24) is 9.88 Å². The van der Waals surface area contributed by atoms with Crippen molar-refractivity contribution in [3.05, 3.63) is 42.6 Å². The van der Waals surface area contributed by atoms with Crippen LogP contribution in [0.2, 0.25) is 0 Å². The van der Waals surface area contributed by atoms with Crippen LogP contribution in [-0.4, -0.2) is 64.0 Å². The SMILES string of the molecule is COC(C)CN1CCC(COc2ccc(-c3ccc(S(C)(=O)=O)cc3)cn2)CC1. The fraction of sp³-hybridized carbons (Fsp3) is 0.500. The van der Waals surface area contributed by atoms with Crippen molar-refractivity contribution in [2.75, 3.05) is 39.6 Å².